The smallest absolute Gasteiger partial charge is 0.331 e. The fourth-order valence-electron chi connectivity index (χ4n) is 3.17. The third kappa shape index (κ3) is 4.56. The number of amides is 1. The van der Waals surface area contributed by atoms with E-state index in [9.17, 15) is 9.59 Å². The second kappa shape index (κ2) is 8.54. The molecule has 140 valence electrons. The third-order valence-corrected chi connectivity index (χ3v) is 4.62. The second-order valence-electron chi connectivity index (χ2n) is 6.43. The lowest BCUT2D eigenvalue weighted by atomic mass is 9.99. The molecule has 1 heterocycles. The Kier molecular flexibility index (Phi) is 5.91. The molecule has 0 fully saturated rings. The normalized spacial score (nSPS) is 14.5. The molecule has 0 unspecified atom stereocenters. The molecular weight excluding hydrogens is 342 g/mol. The fraction of sp³-hybridized carbons (Fsp3) is 0.273. The van der Waals surface area contributed by atoms with Gasteiger partial charge < -0.3 is 14.4 Å². The summed E-state index contributed by atoms with van der Waals surface area (Å²) in [5.74, 6) is -0.0691. The van der Waals surface area contributed by atoms with Crippen LogP contribution in [-0.2, 0) is 27.3 Å². The quantitative estimate of drug-likeness (QED) is 0.603. The summed E-state index contributed by atoms with van der Waals surface area (Å²) in [7, 11) is 1.57. The molecule has 0 aromatic heterocycles. The Morgan fingerprint density at radius 1 is 1.07 bits per heavy atom. The lowest BCUT2D eigenvalue weighted by Gasteiger charge is -2.30. The van der Waals surface area contributed by atoms with Crippen LogP contribution in [0.25, 0.3) is 6.08 Å². The van der Waals surface area contributed by atoms with E-state index >= 15 is 0 Å². The fourth-order valence-corrected chi connectivity index (χ4v) is 3.17. The first kappa shape index (κ1) is 18.7. The van der Waals surface area contributed by atoms with Crippen molar-refractivity contribution in [2.75, 3.05) is 13.7 Å². The summed E-state index contributed by atoms with van der Waals surface area (Å²) < 4.78 is 10.5. The zero-order valence-electron chi connectivity index (χ0n) is 15.6. The maximum absolute atomic E-state index is 12.6. The molecule has 0 bridgehead atoms. The van der Waals surface area contributed by atoms with Gasteiger partial charge in [-0.25, -0.2) is 4.79 Å². The van der Waals surface area contributed by atoms with E-state index in [0.717, 1.165) is 17.5 Å². The number of esters is 1. The van der Waals surface area contributed by atoms with Crippen molar-refractivity contribution in [3.8, 4) is 5.75 Å². The number of fused-ring (bicyclic) bond motifs is 1. The summed E-state index contributed by atoms with van der Waals surface area (Å²) in [6.07, 6.45) is 2.92. The predicted octanol–water partition coefficient (Wildman–Crippen LogP) is 3.23. The van der Waals surface area contributed by atoms with Gasteiger partial charge >= 0.3 is 5.97 Å². The Hall–Kier alpha value is -3.08. The van der Waals surface area contributed by atoms with Crippen molar-refractivity contribution >= 4 is 18.0 Å². The Labute approximate surface area is 159 Å². The lowest BCUT2D eigenvalue weighted by molar-refractivity contribution is -0.155. The number of para-hydroxylation sites is 1. The van der Waals surface area contributed by atoms with Crippen molar-refractivity contribution in [3.63, 3.8) is 0 Å². The molecule has 1 aliphatic heterocycles. The van der Waals surface area contributed by atoms with Gasteiger partial charge in [0.25, 0.3) is 5.91 Å². The minimum atomic E-state index is -0.829. The standard InChI is InChI=1S/C22H23NO4/c1-16(22(25)23-14-13-17-7-3-4-9-19(17)15-23)27-21(24)12-11-18-8-5-6-10-20(18)26-2/h3-12,16H,13-15H2,1-2H3/b12-11+/t16-/m1/s1. The van der Waals surface area contributed by atoms with Gasteiger partial charge in [-0.1, -0.05) is 42.5 Å². The third-order valence-electron chi connectivity index (χ3n) is 4.62. The summed E-state index contributed by atoms with van der Waals surface area (Å²) >= 11 is 0. The monoisotopic (exact) mass is 365 g/mol. The van der Waals surface area contributed by atoms with Crippen LogP contribution in [-0.4, -0.2) is 36.5 Å². The van der Waals surface area contributed by atoms with E-state index in [4.69, 9.17) is 9.47 Å². The van der Waals surface area contributed by atoms with Crippen molar-refractivity contribution in [1.29, 1.82) is 0 Å². The number of rotatable bonds is 5. The lowest BCUT2D eigenvalue weighted by Crippen LogP contribution is -2.42. The Morgan fingerprint density at radius 3 is 2.56 bits per heavy atom. The molecule has 3 rings (SSSR count). The minimum absolute atomic E-state index is 0.177. The molecule has 0 aliphatic carbocycles. The van der Waals surface area contributed by atoms with E-state index in [2.05, 4.69) is 6.07 Å². The van der Waals surface area contributed by atoms with Crippen molar-refractivity contribution in [2.24, 2.45) is 0 Å². The SMILES string of the molecule is COc1ccccc1/C=C/C(=O)O[C@H](C)C(=O)N1CCc2ccccc2C1. The van der Waals surface area contributed by atoms with E-state index < -0.39 is 12.1 Å². The second-order valence-corrected chi connectivity index (χ2v) is 6.43. The van der Waals surface area contributed by atoms with Crippen LogP contribution in [0.1, 0.15) is 23.6 Å². The topological polar surface area (TPSA) is 55.8 Å². The van der Waals surface area contributed by atoms with E-state index in [0.29, 0.717) is 18.8 Å². The summed E-state index contributed by atoms with van der Waals surface area (Å²) in [5, 5.41) is 0. The van der Waals surface area contributed by atoms with E-state index in [1.807, 2.05) is 42.5 Å². The van der Waals surface area contributed by atoms with Crippen molar-refractivity contribution in [2.45, 2.75) is 26.0 Å². The molecule has 0 radical (unpaired) electrons. The number of benzene rings is 2. The summed E-state index contributed by atoms with van der Waals surface area (Å²) in [5.41, 5.74) is 3.18. The van der Waals surface area contributed by atoms with Crippen LogP contribution in [0.2, 0.25) is 0 Å². The van der Waals surface area contributed by atoms with Gasteiger partial charge in [-0.15, -0.1) is 0 Å². The Bertz CT molecular complexity index is 859. The van der Waals surface area contributed by atoms with Crippen LogP contribution >= 0.6 is 0 Å². The molecule has 1 amide bonds. The molecule has 1 aliphatic rings. The number of carbonyl (C=O) groups is 2. The maximum atomic E-state index is 12.6. The van der Waals surface area contributed by atoms with Crippen LogP contribution in [0.3, 0.4) is 0 Å². The number of hydrogen-bond acceptors (Lipinski definition) is 4. The molecule has 2 aromatic carbocycles. The highest BCUT2D eigenvalue weighted by Gasteiger charge is 2.26. The number of hydrogen-bond donors (Lipinski definition) is 0. The van der Waals surface area contributed by atoms with E-state index in [1.165, 1.54) is 11.6 Å². The Balaban J connectivity index is 1.58. The van der Waals surface area contributed by atoms with Crippen molar-refractivity contribution < 1.29 is 19.1 Å². The highest BCUT2D eigenvalue weighted by atomic mass is 16.5. The van der Waals surface area contributed by atoms with Crippen LogP contribution in [0.5, 0.6) is 5.75 Å². The van der Waals surface area contributed by atoms with Crippen LogP contribution in [0.15, 0.2) is 54.6 Å². The first-order valence-corrected chi connectivity index (χ1v) is 8.96. The molecule has 5 heteroatoms. The number of carbonyl (C=O) groups excluding carboxylic acids is 2. The van der Waals surface area contributed by atoms with Gasteiger partial charge in [0.05, 0.1) is 7.11 Å². The van der Waals surface area contributed by atoms with Gasteiger partial charge in [0.2, 0.25) is 0 Å². The zero-order valence-corrected chi connectivity index (χ0v) is 15.6. The van der Waals surface area contributed by atoms with Gasteiger partial charge in [0.1, 0.15) is 5.75 Å². The summed E-state index contributed by atoms with van der Waals surface area (Å²) in [4.78, 5) is 26.5. The maximum Gasteiger partial charge on any atom is 0.331 e. The van der Waals surface area contributed by atoms with Gasteiger partial charge in [0.15, 0.2) is 6.10 Å². The average Bonchev–Trinajstić information content (AvgIpc) is 2.71. The van der Waals surface area contributed by atoms with E-state index in [-0.39, 0.29) is 5.91 Å². The van der Waals surface area contributed by atoms with Crippen molar-refractivity contribution in [1.82, 2.24) is 4.90 Å². The van der Waals surface area contributed by atoms with Gasteiger partial charge in [0, 0.05) is 24.7 Å². The van der Waals surface area contributed by atoms with E-state index in [1.54, 1.807) is 25.0 Å². The van der Waals surface area contributed by atoms with Crippen LogP contribution in [0, 0.1) is 0 Å². The van der Waals surface area contributed by atoms with Gasteiger partial charge in [-0.05, 0) is 36.6 Å². The molecule has 0 N–H and O–H groups in total. The van der Waals surface area contributed by atoms with Crippen LogP contribution in [0.4, 0.5) is 0 Å². The molecule has 0 spiro atoms. The predicted molar refractivity (Wildman–Crippen MR) is 103 cm³/mol. The molecule has 27 heavy (non-hydrogen) atoms. The largest absolute Gasteiger partial charge is 0.496 e. The molecule has 2 aromatic rings. The highest BCUT2D eigenvalue weighted by Crippen LogP contribution is 2.20. The number of ether oxygens (including phenoxy) is 2. The summed E-state index contributed by atoms with van der Waals surface area (Å²) in [6, 6.07) is 15.5. The Morgan fingerprint density at radius 2 is 1.78 bits per heavy atom. The van der Waals surface area contributed by atoms with Crippen molar-refractivity contribution in [3.05, 3.63) is 71.3 Å². The zero-order chi connectivity index (χ0) is 19.2. The first-order chi connectivity index (χ1) is 13.1. The molecular formula is C22H23NO4. The molecule has 0 saturated heterocycles. The summed E-state index contributed by atoms with van der Waals surface area (Å²) in [6.45, 7) is 2.79. The number of methoxy groups -OCH3 is 1. The van der Waals surface area contributed by atoms with Gasteiger partial charge in [-0.2, -0.15) is 0 Å². The molecule has 0 saturated carbocycles. The molecule has 5 nitrogen and oxygen atoms in total. The van der Waals surface area contributed by atoms with Crippen LogP contribution < -0.4 is 4.74 Å². The minimum Gasteiger partial charge on any atom is -0.496 e. The average molecular weight is 365 g/mol. The van der Waals surface area contributed by atoms with Gasteiger partial charge in [-0.3, -0.25) is 4.79 Å². The highest BCUT2D eigenvalue weighted by molar-refractivity contribution is 5.90. The first-order valence-electron chi connectivity index (χ1n) is 8.96. The number of nitrogens with zero attached hydrogens (tertiary/aromatic N) is 1. The molecule has 1 atom stereocenters.